The fourth-order valence-corrected chi connectivity index (χ4v) is 1.06. The smallest absolute Gasteiger partial charge is 0.230 e. The summed E-state index contributed by atoms with van der Waals surface area (Å²) >= 11 is 0. The van der Waals surface area contributed by atoms with Crippen LogP contribution in [-0.4, -0.2) is 35.5 Å². The highest BCUT2D eigenvalue weighted by atomic mass is 16.9. The normalized spacial score (nSPS) is 11.3. The molecular weight excluding hydrogens is 198 g/mol. The lowest BCUT2D eigenvalue weighted by Gasteiger charge is -2.15. The monoisotopic (exact) mass is 211 g/mol. The number of pyridine rings is 1. The summed E-state index contributed by atoms with van der Waals surface area (Å²) in [6.45, 7) is 1.87. The molecule has 0 unspecified atom stereocenters. The van der Waals surface area contributed by atoms with Gasteiger partial charge >= 0.3 is 0 Å². The predicted octanol–water partition coefficient (Wildman–Crippen LogP) is 0.951. The number of hydroxylamine groups is 2. The van der Waals surface area contributed by atoms with Crippen molar-refractivity contribution in [2.75, 3.05) is 14.2 Å². The number of hydrogen-bond donors (Lipinski definition) is 1. The minimum absolute atomic E-state index is 0.144. The van der Waals surface area contributed by atoms with Gasteiger partial charge in [0.15, 0.2) is 0 Å². The first-order valence-corrected chi connectivity index (χ1v) is 4.26. The molecule has 1 aromatic heterocycles. The Morgan fingerprint density at radius 3 is 2.80 bits per heavy atom. The molecular formula is C9H13N3O3. The SMILES string of the molecule is CON=C(c1cnccc1C)N(O)OC. The summed E-state index contributed by atoms with van der Waals surface area (Å²) in [4.78, 5) is 13.2. The molecule has 0 spiro atoms. The lowest BCUT2D eigenvalue weighted by Crippen LogP contribution is -2.28. The molecule has 1 heterocycles. The molecule has 6 heteroatoms. The molecule has 0 saturated carbocycles. The Labute approximate surface area is 87.6 Å². The molecule has 15 heavy (non-hydrogen) atoms. The van der Waals surface area contributed by atoms with Gasteiger partial charge in [0.1, 0.15) is 7.11 Å². The quantitative estimate of drug-likeness (QED) is 0.458. The van der Waals surface area contributed by atoms with Crippen LogP contribution in [0.3, 0.4) is 0 Å². The van der Waals surface area contributed by atoms with E-state index in [-0.39, 0.29) is 5.84 Å². The zero-order valence-electron chi connectivity index (χ0n) is 8.84. The summed E-state index contributed by atoms with van der Waals surface area (Å²) in [5.41, 5.74) is 1.53. The van der Waals surface area contributed by atoms with E-state index in [4.69, 9.17) is 0 Å². The lowest BCUT2D eigenvalue weighted by atomic mass is 10.1. The van der Waals surface area contributed by atoms with Crippen LogP contribution < -0.4 is 0 Å². The molecule has 82 valence electrons. The second-order valence-corrected chi connectivity index (χ2v) is 2.74. The molecule has 1 N–H and O–H groups in total. The van der Waals surface area contributed by atoms with E-state index in [1.807, 2.05) is 6.92 Å². The van der Waals surface area contributed by atoms with Gasteiger partial charge in [-0.1, -0.05) is 5.16 Å². The summed E-state index contributed by atoms with van der Waals surface area (Å²) in [6.07, 6.45) is 3.22. The van der Waals surface area contributed by atoms with Gasteiger partial charge in [-0.2, -0.15) is 0 Å². The van der Waals surface area contributed by atoms with E-state index >= 15 is 0 Å². The van der Waals surface area contributed by atoms with E-state index in [1.165, 1.54) is 14.2 Å². The van der Waals surface area contributed by atoms with Crippen molar-refractivity contribution in [1.29, 1.82) is 0 Å². The average Bonchev–Trinajstić information content (AvgIpc) is 2.26. The Balaban J connectivity index is 3.11. The fraction of sp³-hybridized carbons (Fsp3) is 0.333. The second-order valence-electron chi connectivity index (χ2n) is 2.74. The molecule has 6 nitrogen and oxygen atoms in total. The van der Waals surface area contributed by atoms with E-state index in [0.717, 1.165) is 5.56 Å². The zero-order valence-corrected chi connectivity index (χ0v) is 8.84. The maximum atomic E-state index is 9.40. The van der Waals surface area contributed by atoms with E-state index < -0.39 is 0 Å². The van der Waals surface area contributed by atoms with Crippen molar-refractivity contribution < 1.29 is 14.9 Å². The number of aryl methyl sites for hydroxylation is 1. The van der Waals surface area contributed by atoms with Gasteiger partial charge in [-0.25, -0.2) is 0 Å². The Kier molecular flexibility index (Phi) is 4.02. The van der Waals surface area contributed by atoms with Crippen molar-refractivity contribution in [3.05, 3.63) is 29.6 Å². The maximum absolute atomic E-state index is 9.40. The van der Waals surface area contributed by atoms with Gasteiger partial charge in [-0.3, -0.25) is 15.0 Å². The van der Waals surface area contributed by atoms with Gasteiger partial charge in [0, 0.05) is 18.0 Å². The van der Waals surface area contributed by atoms with Crippen LogP contribution in [0, 0.1) is 6.92 Å². The van der Waals surface area contributed by atoms with Crippen LogP contribution in [-0.2, 0) is 9.68 Å². The van der Waals surface area contributed by atoms with E-state index in [1.54, 1.807) is 18.5 Å². The minimum Gasteiger partial charge on any atom is -0.397 e. The molecule has 0 amide bonds. The number of oxime groups is 1. The van der Waals surface area contributed by atoms with Gasteiger partial charge in [0.25, 0.3) is 0 Å². The summed E-state index contributed by atoms with van der Waals surface area (Å²) in [5, 5.41) is 13.6. The Morgan fingerprint density at radius 2 is 2.27 bits per heavy atom. The van der Waals surface area contributed by atoms with Crippen LogP contribution >= 0.6 is 0 Å². The molecule has 1 rings (SSSR count). The fourth-order valence-electron chi connectivity index (χ4n) is 1.06. The zero-order chi connectivity index (χ0) is 11.3. The van der Waals surface area contributed by atoms with Crippen molar-refractivity contribution in [3.8, 4) is 0 Å². The van der Waals surface area contributed by atoms with Gasteiger partial charge in [0.2, 0.25) is 5.84 Å². The number of aromatic nitrogens is 1. The molecule has 0 fully saturated rings. The molecule has 0 aliphatic rings. The third-order valence-corrected chi connectivity index (χ3v) is 1.81. The topological polar surface area (TPSA) is 67.2 Å². The highest BCUT2D eigenvalue weighted by molar-refractivity contribution is 5.97. The molecule has 0 aromatic carbocycles. The molecule has 1 aromatic rings. The van der Waals surface area contributed by atoms with Crippen LogP contribution in [0.25, 0.3) is 0 Å². The van der Waals surface area contributed by atoms with Crippen LogP contribution in [0.1, 0.15) is 11.1 Å². The third-order valence-electron chi connectivity index (χ3n) is 1.81. The summed E-state index contributed by atoms with van der Waals surface area (Å²) < 4.78 is 0. The first-order chi connectivity index (χ1) is 7.20. The first-order valence-electron chi connectivity index (χ1n) is 4.26. The van der Waals surface area contributed by atoms with Crippen molar-refractivity contribution in [1.82, 2.24) is 10.2 Å². The van der Waals surface area contributed by atoms with E-state index in [0.29, 0.717) is 10.8 Å². The van der Waals surface area contributed by atoms with Crippen LogP contribution in [0.15, 0.2) is 23.6 Å². The standard InChI is InChI=1S/C9H13N3O3/c1-7-4-5-10-6-8(7)9(11-14-2)12(13)15-3/h4-6,13H,1-3H3. The van der Waals surface area contributed by atoms with Gasteiger partial charge in [0.05, 0.1) is 7.11 Å². The lowest BCUT2D eigenvalue weighted by molar-refractivity contribution is -0.267. The van der Waals surface area contributed by atoms with Crippen molar-refractivity contribution in [2.45, 2.75) is 6.92 Å². The third kappa shape index (κ3) is 2.64. The molecule has 0 atom stereocenters. The van der Waals surface area contributed by atoms with Crippen LogP contribution in [0.5, 0.6) is 0 Å². The van der Waals surface area contributed by atoms with Crippen molar-refractivity contribution in [3.63, 3.8) is 0 Å². The maximum Gasteiger partial charge on any atom is 0.230 e. The molecule has 0 radical (unpaired) electrons. The number of rotatable bonds is 3. The number of nitrogens with zero attached hydrogens (tertiary/aromatic N) is 3. The number of amidine groups is 1. The number of hydrogen-bond acceptors (Lipinski definition) is 5. The molecule has 0 saturated heterocycles. The Hall–Kier alpha value is -1.66. The largest absolute Gasteiger partial charge is 0.397 e. The first kappa shape index (κ1) is 11.4. The molecule has 0 bridgehead atoms. The summed E-state index contributed by atoms with van der Waals surface area (Å²) in [6, 6.07) is 1.80. The van der Waals surface area contributed by atoms with Crippen molar-refractivity contribution >= 4 is 5.84 Å². The summed E-state index contributed by atoms with van der Waals surface area (Å²) in [5.74, 6) is 0.144. The van der Waals surface area contributed by atoms with E-state index in [9.17, 15) is 5.21 Å². The molecule has 0 aliphatic heterocycles. The summed E-state index contributed by atoms with van der Waals surface area (Å²) in [7, 11) is 2.70. The minimum atomic E-state index is 0.144. The van der Waals surface area contributed by atoms with E-state index in [2.05, 4.69) is 19.8 Å². The molecule has 0 aliphatic carbocycles. The van der Waals surface area contributed by atoms with Gasteiger partial charge in [-0.05, 0) is 18.6 Å². The highest BCUT2D eigenvalue weighted by Crippen LogP contribution is 2.09. The Bertz CT molecular complexity index is 354. The average molecular weight is 211 g/mol. The van der Waals surface area contributed by atoms with Crippen LogP contribution in [0.2, 0.25) is 0 Å². The van der Waals surface area contributed by atoms with Gasteiger partial charge in [-0.15, -0.1) is 5.23 Å². The highest BCUT2D eigenvalue weighted by Gasteiger charge is 2.14. The van der Waals surface area contributed by atoms with Crippen molar-refractivity contribution in [2.24, 2.45) is 5.16 Å². The van der Waals surface area contributed by atoms with Gasteiger partial charge < -0.3 is 4.84 Å². The Morgan fingerprint density at radius 1 is 1.53 bits per heavy atom. The van der Waals surface area contributed by atoms with Crippen LogP contribution in [0.4, 0.5) is 0 Å². The predicted molar refractivity (Wildman–Crippen MR) is 53.2 cm³/mol. The second kappa shape index (κ2) is 5.28.